The summed E-state index contributed by atoms with van der Waals surface area (Å²) in [6.45, 7) is 1.68. The van der Waals surface area contributed by atoms with Crippen molar-refractivity contribution < 1.29 is 4.79 Å². The van der Waals surface area contributed by atoms with Crippen molar-refractivity contribution in [3.63, 3.8) is 0 Å². The van der Waals surface area contributed by atoms with Crippen LogP contribution in [0.4, 0.5) is 0 Å². The van der Waals surface area contributed by atoms with Crippen LogP contribution in [0.2, 0.25) is 0 Å². The zero-order chi connectivity index (χ0) is 13.8. The van der Waals surface area contributed by atoms with E-state index in [1.165, 1.54) is 12.8 Å². The van der Waals surface area contributed by atoms with Crippen molar-refractivity contribution in [1.29, 1.82) is 0 Å². The predicted molar refractivity (Wildman–Crippen MR) is 74.8 cm³/mol. The van der Waals surface area contributed by atoms with E-state index in [1.54, 1.807) is 18.6 Å². The summed E-state index contributed by atoms with van der Waals surface area (Å²) in [7, 11) is 0. The molecule has 1 fully saturated rings. The molecule has 2 aromatic rings. The third kappa shape index (κ3) is 3.23. The van der Waals surface area contributed by atoms with E-state index in [0.29, 0.717) is 6.42 Å². The average molecular weight is 270 g/mol. The molecule has 1 N–H and O–H groups in total. The molecule has 1 saturated carbocycles. The quantitative estimate of drug-likeness (QED) is 0.863. The van der Waals surface area contributed by atoms with Crippen molar-refractivity contribution in [2.45, 2.75) is 25.8 Å². The van der Waals surface area contributed by atoms with E-state index in [9.17, 15) is 4.79 Å². The van der Waals surface area contributed by atoms with E-state index >= 15 is 0 Å². The van der Waals surface area contributed by atoms with Crippen LogP contribution in [0.25, 0.3) is 0 Å². The number of carbonyl (C=O) groups is 1. The van der Waals surface area contributed by atoms with Gasteiger partial charge in [-0.1, -0.05) is 0 Å². The fraction of sp³-hybridized carbons (Fsp3) is 0.400. The van der Waals surface area contributed by atoms with Gasteiger partial charge in [-0.2, -0.15) is 0 Å². The number of nitrogens with zero attached hydrogens (tertiary/aromatic N) is 3. The molecule has 20 heavy (non-hydrogen) atoms. The number of hydrogen-bond donors (Lipinski definition) is 1. The summed E-state index contributed by atoms with van der Waals surface area (Å²) in [5.74, 6) is 0.0770. The van der Waals surface area contributed by atoms with Gasteiger partial charge < -0.3 is 9.88 Å². The van der Waals surface area contributed by atoms with E-state index in [4.69, 9.17) is 0 Å². The highest BCUT2D eigenvalue weighted by atomic mass is 16.1. The summed E-state index contributed by atoms with van der Waals surface area (Å²) in [6, 6.07) is 3.75. The van der Waals surface area contributed by atoms with Crippen LogP contribution in [0, 0.1) is 5.41 Å². The molecule has 3 rings (SSSR count). The number of nitrogens with one attached hydrogen (secondary N) is 1. The molecule has 0 saturated heterocycles. The Hall–Kier alpha value is -2.17. The van der Waals surface area contributed by atoms with Gasteiger partial charge in [0.2, 0.25) is 5.91 Å². The second-order valence-electron chi connectivity index (χ2n) is 5.54. The van der Waals surface area contributed by atoms with Crippen LogP contribution in [0.3, 0.4) is 0 Å². The Morgan fingerprint density at radius 2 is 2.05 bits per heavy atom. The van der Waals surface area contributed by atoms with E-state index in [2.05, 4.69) is 19.9 Å². The number of rotatable bonds is 6. The number of aromatic nitrogens is 3. The minimum absolute atomic E-state index is 0.0770. The third-order valence-electron chi connectivity index (χ3n) is 3.81. The molecular weight excluding hydrogens is 252 g/mol. The molecule has 1 aliphatic carbocycles. The van der Waals surface area contributed by atoms with Gasteiger partial charge in [0.15, 0.2) is 0 Å². The molecule has 0 aromatic carbocycles. The number of imidazole rings is 1. The summed E-state index contributed by atoms with van der Waals surface area (Å²) in [5.41, 5.74) is 1.23. The van der Waals surface area contributed by atoms with E-state index in [-0.39, 0.29) is 11.3 Å². The van der Waals surface area contributed by atoms with Gasteiger partial charge in [0.1, 0.15) is 0 Å². The summed E-state index contributed by atoms with van der Waals surface area (Å²) < 4.78 is 2.09. The molecule has 0 spiro atoms. The van der Waals surface area contributed by atoms with Crippen LogP contribution in [0.5, 0.6) is 0 Å². The van der Waals surface area contributed by atoms with E-state index in [1.807, 2.05) is 24.7 Å². The number of pyridine rings is 1. The molecular formula is C15H18N4O. The van der Waals surface area contributed by atoms with Gasteiger partial charge in [-0.05, 0) is 30.5 Å². The van der Waals surface area contributed by atoms with Crippen molar-refractivity contribution in [2.75, 3.05) is 6.54 Å². The normalized spacial score (nSPS) is 15.8. The van der Waals surface area contributed by atoms with E-state index < -0.39 is 0 Å². The Labute approximate surface area is 118 Å². The minimum Gasteiger partial charge on any atom is -0.355 e. The van der Waals surface area contributed by atoms with Crippen LogP contribution in [-0.2, 0) is 17.8 Å². The fourth-order valence-corrected chi connectivity index (χ4v) is 2.37. The Kier molecular flexibility index (Phi) is 3.50. The van der Waals surface area contributed by atoms with Crippen LogP contribution < -0.4 is 5.32 Å². The molecule has 1 amide bonds. The number of amides is 1. The first-order valence-corrected chi connectivity index (χ1v) is 6.87. The van der Waals surface area contributed by atoms with Crippen LogP contribution in [-0.4, -0.2) is 27.0 Å². The van der Waals surface area contributed by atoms with Gasteiger partial charge in [-0.25, -0.2) is 4.98 Å². The monoisotopic (exact) mass is 270 g/mol. The molecule has 104 valence electrons. The largest absolute Gasteiger partial charge is 0.355 e. The highest BCUT2D eigenvalue weighted by molar-refractivity contribution is 5.78. The highest BCUT2D eigenvalue weighted by Crippen LogP contribution is 2.46. The fourth-order valence-electron chi connectivity index (χ4n) is 2.37. The maximum atomic E-state index is 11.9. The molecule has 5 heteroatoms. The second-order valence-corrected chi connectivity index (χ2v) is 5.54. The van der Waals surface area contributed by atoms with Gasteiger partial charge in [0.05, 0.1) is 12.7 Å². The third-order valence-corrected chi connectivity index (χ3v) is 3.81. The van der Waals surface area contributed by atoms with Gasteiger partial charge in [-0.15, -0.1) is 0 Å². The standard InChI is InChI=1S/C15H18N4O/c20-14(9-13-1-5-16-6-2-13)18-10-15(3-4-15)11-19-8-7-17-12-19/h1-2,5-8,12H,3-4,9-11H2,(H,18,20). The lowest BCUT2D eigenvalue weighted by molar-refractivity contribution is -0.120. The summed E-state index contributed by atoms with van der Waals surface area (Å²) in [6.07, 6.45) is 11.8. The Morgan fingerprint density at radius 3 is 2.70 bits per heavy atom. The Morgan fingerprint density at radius 1 is 1.25 bits per heavy atom. The number of hydrogen-bond acceptors (Lipinski definition) is 3. The Balaban J connectivity index is 1.48. The summed E-state index contributed by atoms with van der Waals surface area (Å²) in [5, 5.41) is 3.05. The van der Waals surface area contributed by atoms with Gasteiger partial charge in [0.25, 0.3) is 0 Å². The highest BCUT2D eigenvalue weighted by Gasteiger charge is 2.42. The second kappa shape index (κ2) is 5.45. The first-order chi connectivity index (χ1) is 9.76. The molecule has 1 aliphatic rings. The minimum atomic E-state index is 0.0770. The van der Waals surface area contributed by atoms with Gasteiger partial charge in [-0.3, -0.25) is 9.78 Å². The number of carbonyl (C=O) groups excluding carboxylic acids is 1. The van der Waals surface area contributed by atoms with Crippen molar-refractivity contribution in [3.8, 4) is 0 Å². The molecule has 0 aliphatic heterocycles. The summed E-state index contributed by atoms with van der Waals surface area (Å²) >= 11 is 0. The first-order valence-electron chi connectivity index (χ1n) is 6.87. The summed E-state index contributed by atoms with van der Waals surface area (Å²) in [4.78, 5) is 19.9. The lowest BCUT2D eigenvalue weighted by Crippen LogP contribution is -2.33. The maximum Gasteiger partial charge on any atom is 0.224 e. The van der Waals surface area contributed by atoms with Crippen molar-refractivity contribution in [1.82, 2.24) is 19.9 Å². The van der Waals surface area contributed by atoms with Crippen LogP contribution in [0.1, 0.15) is 18.4 Å². The van der Waals surface area contributed by atoms with E-state index in [0.717, 1.165) is 18.7 Å². The zero-order valence-electron chi connectivity index (χ0n) is 11.3. The van der Waals surface area contributed by atoms with Crippen LogP contribution in [0.15, 0.2) is 43.2 Å². The molecule has 0 atom stereocenters. The van der Waals surface area contributed by atoms with Gasteiger partial charge in [0, 0.05) is 43.3 Å². The maximum absolute atomic E-state index is 11.9. The zero-order valence-corrected chi connectivity index (χ0v) is 11.3. The predicted octanol–water partition coefficient (Wildman–Crippen LogP) is 1.42. The average Bonchev–Trinajstić information content (AvgIpc) is 3.02. The van der Waals surface area contributed by atoms with Gasteiger partial charge >= 0.3 is 0 Å². The van der Waals surface area contributed by atoms with Crippen LogP contribution >= 0.6 is 0 Å². The molecule has 0 bridgehead atoms. The van der Waals surface area contributed by atoms with Crippen molar-refractivity contribution in [3.05, 3.63) is 48.8 Å². The van der Waals surface area contributed by atoms with Crippen molar-refractivity contribution in [2.24, 2.45) is 5.41 Å². The smallest absolute Gasteiger partial charge is 0.224 e. The first kappa shape index (κ1) is 12.8. The molecule has 2 heterocycles. The molecule has 0 unspecified atom stereocenters. The lowest BCUT2D eigenvalue weighted by Gasteiger charge is -2.16. The van der Waals surface area contributed by atoms with Crippen molar-refractivity contribution >= 4 is 5.91 Å². The topological polar surface area (TPSA) is 59.8 Å². The molecule has 2 aromatic heterocycles. The SMILES string of the molecule is O=C(Cc1ccncc1)NCC1(Cn2ccnc2)CC1. The lowest BCUT2D eigenvalue weighted by atomic mass is 10.1. The molecule has 5 nitrogen and oxygen atoms in total. The molecule has 0 radical (unpaired) electrons. The Bertz CT molecular complexity index is 561.